The SMILES string of the molecule is C=C1C[C@H]2C=Nc3cc(OCCCC(=O)Nc4cn(C)c(C(=O)Nc5cc(C(=O)Nc6cc(C(=O)N7CCc8cc(C(C)(C)CCC)ccc87)n(C)c6)n(C)c5)n4)c(OC)cc3C(=O)N2C1. The number of methoxy groups -OCH3 is 1. The van der Waals surface area contributed by atoms with Gasteiger partial charge in [0.25, 0.3) is 23.6 Å². The topological polar surface area (TPSA) is 186 Å². The molecule has 17 nitrogen and oxygen atoms in total. The van der Waals surface area contributed by atoms with Crippen molar-refractivity contribution in [1.29, 1.82) is 0 Å². The summed E-state index contributed by atoms with van der Waals surface area (Å²) in [5, 5.41) is 8.41. The van der Waals surface area contributed by atoms with Crippen LogP contribution in [0, 0.1) is 0 Å². The fraction of sp³-hybridized carbons (Fsp3) is 0.367. The molecule has 2 aromatic carbocycles. The number of imidazole rings is 1. The zero-order valence-electron chi connectivity index (χ0n) is 38.5. The summed E-state index contributed by atoms with van der Waals surface area (Å²) in [5.74, 6) is -0.585. The molecule has 3 N–H and O–H groups in total. The minimum absolute atomic E-state index is 0.0353. The Balaban J connectivity index is 0.828. The Hall–Kier alpha value is -7.43. The van der Waals surface area contributed by atoms with E-state index in [1.165, 1.54) is 23.4 Å². The summed E-state index contributed by atoms with van der Waals surface area (Å²) in [6.07, 6.45) is 10.7. The Kier molecular flexibility index (Phi) is 12.5. The van der Waals surface area contributed by atoms with E-state index in [9.17, 15) is 24.0 Å². The molecule has 0 bridgehead atoms. The predicted molar refractivity (Wildman–Crippen MR) is 253 cm³/mol. The summed E-state index contributed by atoms with van der Waals surface area (Å²) >= 11 is 0. The molecule has 1 atom stereocenters. The number of fused-ring (bicyclic) bond motifs is 3. The van der Waals surface area contributed by atoms with Gasteiger partial charge in [-0.2, -0.15) is 0 Å². The quantitative estimate of drug-likeness (QED) is 0.0729. The molecule has 0 unspecified atom stereocenters. The number of amides is 5. The van der Waals surface area contributed by atoms with Crippen LogP contribution in [0.1, 0.15) is 106 Å². The van der Waals surface area contributed by atoms with Crippen molar-refractivity contribution in [3.05, 3.63) is 107 Å². The van der Waals surface area contributed by atoms with Crippen LogP contribution in [0.5, 0.6) is 11.5 Å². The molecule has 1 saturated heterocycles. The summed E-state index contributed by atoms with van der Waals surface area (Å²) in [5.41, 5.74) is 6.81. The molecule has 344 valence electrons. The van der Waals surface area contributed by atoms with Gasteiger partial charge >= 0.3 is 0 Å². The molecular formula is C49H56N10O7. The second-order valence-electron chi connectivity index (χ2n) is 17.9. The molecule has 0 saturated carbocycles. The van der Waals surface area contributed by atoms with E-state index in [2.05, 4.69) is 71.5 Å². The van der Waals surface area contributed by atoms with Crippen LogP contribution >= 0.6 is 0 Å². The molecule has 0 aliphatic carbocycles. The van der Waals surface area contributed by atoms with Crippen molar-refractivity contribution >= 4 is 64.3 Å². The highest BCUT2D eigenvalue weighted by molar-refractivity contribution is 6.09. The second-order valence-corrected chi connectivity index (χ2v) is 17.9. The number of rotatable bonds is 15. The number of anilines is 4. The Labute approximate surface area is 383 Å². The van der Waals surface area contributed by atoms with Crippen LogP contribution < -0.4 is 30.3 Å². The van der Waals surface area contributed by atoms with Gasteiger partial charge in [-0.25, -0.2) is 4.98 Å². The second kappa shape index (κ2) is 18.2. The lowest BCUT2D eigenvalue weighted by Crippen LogP contribution is -2.35. The molecule has 3 aromatic heterocycles. The van der Waals surface area contributed by atoms with Crippen molar-refractivity contribution in [2.75, 3.05) is 47.7 Å². The zero-order chi connectivity index (χ0) is 47.0. The molecule has 5 aromatic rings. The summed E-state index contributed by atoms with van der Waals surface area (Å²) in [6, 6.07) is 12.8. The van der Waals surface area contributed by atoms with E-state index in [0.717, 1.165) is 36.1 Å². The Bertz CT molecular complexity index is 2810. The first-order valence-corrected chi connectivity index (χ1v) is 22.1. The molecule has 5 amide bonds. The standard InChI is InChI=1S/C49H56N10O7/c1-9-15-49(3,4)31-12-13-37-30(19-31)14-16-58(37)48(64)39-21-33(27-56(39)6)51-45(61)38-20-32(26-55(38)5)52-46(62)44-54-42(28-57(44)7)53-43(60)11-10-17-66-41-23-36-35(22-40(41)65-8)47(63)59-25-29(2)18-34(59)24-50-36/h12-13,19-24,26-28,34H,2,9-11,14-18,25H2,1,3-8H3,(H,51,61)(H,52,62)(H,53,60)/t34-/m0/s1. The van der Waals surface area contributed by atoms with Crippen LogP contribution in [-0.4, -0.2) is 92.2 Å². The van der Waals surface area contributed by atoms with Gasteiger partial charge in [0.1, 0.15) is 11.4 Å². The van der Waals surface area contributed by atoms with Crippen LogP contribution in [-0.2, 0) is 37.8 Å². The van der Waals surface area contributed by atoms with Gasteiger partial charge in [-0.05, 0) is 66.5 Å². The molecule has 0 spiro atoms. The van der Waals surface area contributed by atoms with Gasteiger partial charge in [-0.3, -0.25) is 29.0 Å². The molecule has 6 heterocycles. The monoisotopic (exact) mass is 896 g/mol. The van der Waals surface area contributed by atoms with Crippen LogP contribution in [0.4, 0.5) is 28.6 Å². The first-order valence-electron chi connectivity index (χ1n) is 22.1. The van der Waals surface area contributed by atoms with Crippen LogP contribution in [0.25, 0.3) is 0 Å². The Morgan fingerprint density at radius 3 is 2.36 bits per heavy atom. The summed E-state index contributed by atoms with van der Waals surface area (Å²) in [7, 11) is 6.59. The number of nitrogens with zero attached hydrogens (tertiary/aromatic N) is 7. The summed E-state index contributed by atoms with van der Waals surface area (Å²) in [4.78, 5) is 79.3. The average Bonchev–Trinajstić information content (AvgIpc) is 4.10. The number of nitrogens with one attached hydrogen (secondary N) is 3. The predicted octanol–water partition coefficient (Wildman–Crippen LogP) is 7.18. The number of hydrogen-bond donors (Lipinski definition) is 3. The molecule has 0 radical (unpaired) electrons. The first kappa shape index (κ1) is 45.1. The number of aliphatic imine (C=N–C) groups is 1. The van der Waals surface area contributed by atoms with Crippen molar-refractivity contribution in [3.63, 3.8) is 0 Å². The highest BCUT2D eigenvalue weighted by Gasteiger charge is 2.35. The van der Waals surface area contributed by atoms with Gasteiger partial charge < -0.3 is 48.9 Å². The fourth-order valence-corrected chi connectivity index (χ4v) is 8.99. The van der Waals surface area contributed by atoms with Gasteiger partial charge in [-0.15, -0.1) is 0 Å². The lowest BCUT2D eigenvalue weighted by Gasteiger charge is -2.26. The molecule has 8 rings (SSSR count). The number of aromatic nitrogens is 4. The lowest BCUT2D eigenvalue weighted by molar-refractivity contribution is -0.116. The highest BCUT2D eigenvalue weighted by Crippen LogP contribution is 2.39. The molecule has 3 aliphatic rings. The summed E-state index contributed by atoms with van der Waals surface area (Å²) in [6.45, 7) is 12.0. The minimum atomic E-state index is -0.550. The van der Waals surface area contributed by atoms with Crippen molar-refractivity contribution in [1.82, 2.24) is 23.6 Å². The van der Waals surface area contributed by atoms with Crippen molar-refractivity contribution in [2.24, 2.45) is 26.1 Å². The van der Waals surface area contributed by atoms with E-state index in [1.807, 2.05) is 0 Å². The molecule has 1 fully saturated rings. The number of ether oxygens (including phenoxy) is 2. The van der Waals surface area contributed by atoms with Crippen LogP contribution in [0.3, 0.4) is 0 Å². The smallest absolute Gasteiger partial charge is 0.291 e. The zero-order valence-corrected chi connectivity index (χ0v) is 38.5. The Morgan fingerprint density at radius 2 is 1.62 bits per heavy atom. The largest absolute Gasteiger partial charge is 0.493 e. The molecule has 3 aliphatic heterocycles. The number of benzene rings is 2. The molecular weight excluding hydrogens is 841 g/mol. The third kappa shape index (κ3) is 9.10. The van der Waals surface area contributed by atoms with E-state index in [0.29, 0.717) is 65.7 Å². The first-order chi connectivity index (χ1) is 31.5. The normalized spacial score (nSPS) is 15.3. The highest BCUT2D eigenvalue weighted by atomic mass is 16.5. The van der Waals surface area contributed by atoms with E-state index in [1.54, 1.807) is 83.0 Å². The van der Waals surface area contributed by atoms with Gasteiger partial charge in [0.15, 0.2) is 17.3 Å². The maximum Gasteiger partial charge on any atom is 0.291 e. The lowest BCUT2D eigenvalue weighted by atomic mass is 9.80. The van der Waals surface area contributed by atoms with E-state index in [-0.39, 0.29) is 59.5 Å². The third-order valence-electron chi connectivity index (χ3n) is 12.5. The minimum Gasteiger partial charge on any atom is -0.493 e. The molecule has 66 heavy (non-hydrogen) atoms. The van der Waals surface area contributed by atoms with E-state index in [4.69, 9.17) is 9.47 Å². The number of carbonyl (C=O) groups excluding carboxylic acids is 5. The summed E-state index contributed by atoms with van der Waals surface area (Å²) < 4.78 is 16.3. The molecule has 17 heteroatoms. The fourth-order valence-electron chi connectivity index (χ4n) is 8.99. The van der Waals surface area contributed by atoms with Gasteiger partial charge in [0.2, 0.25) is 11.7 Å². The van der Waals surface area contributed by atoms with Crippen molar-refractivity contribution in [2.45, 2.75) is 70.8 Å². The number of carbonyl (C=O) groups is 5. The van der Waals surface area contributed by atoms with E-state index < -0.39 is 11.8 Å². The third-order valence-corrected chi connectivity index (χ3v) is 12.5. The number of aryl methyl sites for hydroxylation is 3. The average molecular weight is 897 g/mol. The van der Waals surface area contributed by atoms with Crippen molar-refractivity contribution in [3.8, 4) is 11.5 Å². The Morgan fingerprint density at radius 1 is 0.894 bits per heavy atom. The van der Waals surface area contributed by atoms with Crippen LogP contribution in [0.2, 0.25) is 0 Å². The van der Waals surface area contributed by atoms with Gasteiger partial charge in [0.05, 0.1) is 42.4 Å². The van der Waals surface area contributed by atoms with E-state index >= 15 is 0 Å². The maximum absolute atomic E-state index is 13.8. The van der Waals surface area contributed by atoms with Gasteiger partial charge in [-0.1, -0.05) is 51.5 Å². The van der Waals surface area contributed by atoms with Gasteiger partial charge in [0, 0.05) is 77.2 Å². The van der Waals surface area contributed by atoms with Crippen LogP contribution in [0.15, 0.2) is 78.2 Å². The number of hydrogen-bond acceptors (Lipinski definition) is 9. The van der Waals surface area contributed by atoms with Crippen molar-refractivity contribution < 1.29 is 33.4 Å². The maximum atomic E-state index is 13.8.